The van der Waals surface area contributed by atoms with Crippen molar-refractivity contribution in [1.82, 2.24) is 0 Å². The van der Waals surface area contributed by atoms with Crippen LogP contribution >= 0.6 is 0 Å². The minimum Gasteiger partial charge on any atom is -0.508 e. The van der Waals surface area contributed by atoms with Crippen molar-refractivity contribution in [2.75, 3.05) is 16.8 Å². The van der Waals surface area contributed by atoms with E-state index in [1.165, 1.54) is 0 Å². The Morgan fingerprint density at radius 3 is 2.75 bits per heavy atom. The average molecular weight is 241 g/mol. The molecule has 1 unspecified atom stereocenters. The molecule has 1 aliphatic rings. The fraction of sp³-hybridized carbons (Fsp3) is 0.455. The second-order valence-corrected chi connectivity index (χ2v) is 6.47. The molecule has 0 amide bonds. The van der Waals surface area contributed by atoms with Crippen LogP contribution in [0.25, 0.3) is 0 Å². The first-order valence-electron chi connectivity index (χ1n) is 5.23. The fourth-order valence-corrected chi connectivity index (χ4v) is 3.61. The van der Waals surface area contributed by atoms with Crippen molar-refractivity contribution in [2.45, 2.75) is 19.4 Å². The number of sulfone groups is 1. The van der Waals surface area contributed by atoms with Crippen LogP contribution in [-0.4, -0.2) is 31.1 Å². The lowest BCUT2D eigenvalue weighted by Gasteiger charge is -2.14. The number of aryl methyl sites for hydroxylation is 1. The van der Waals surface area contributed by atoms with Gasteiger partial charge in [-0.1, -0.05) is 0 Å². The number of hydrogen-bond acceptors (Lipinski definition) is 4. The topological polar surface area (TPSA) is 66.4 Å². The minimum absolute atomic E-state index is 0.00626. The molecule has 0 bridgehead atoms. The predicted molar refractivity (Wildman–Crippen MR) is 63.5 cm³/mol. The van der Waals surface area contributed by atoms with Crippen molar-refractivity contribution in [1.29, 1.82) is 0 Å². The molecule has 0 spiro atoms. The number of rotatable bonds is 2. The van der Waals surface area contributed by atoms with E-state index in [1.807, 2.05) is 6.92 Å². The van der Waals surface area contributed by atoms with Gasteiger partial charge in [0.1, 0.15) is 5.75 Å². The van der Waals surface area contributed by atoms with Crippen LogP contribution in [0.3, 0.4) is 0 Å². The van der Waals surface area contributed by atoms with E-state index in [4.69, 9.17) is 0 Å². The lowest BCUT2D eigenvalue weighted by Crippen LogP contribution is -2.20. The third kappa shape index (κ3) is 2.47. The number of benzene rings is 1. The monoisotopic (exact) mass is 241 g/mol. The maximum absolute atomic E-state index is 11.3. The Morgan fingerprint density at radius 2 is 2.19 bits per heavy atom. The standard InChI is InChI=1S/C11H15NO3S/c1-8-6-10(13)2-3-11(8)12-9-4-5-16(14,15)7-9/h2-3,6,9,12-13H,4-5,7H2,1H3. The fourth-order valence-electron chi connectivity index (χ4n) is 1.94. The Hall–Kier alpha value is -1.23. The first-order chi connectivity index (χ1) is 7.46. The van der Waals surface area contributed by atoms with Crippen molar-refractivity contribution in [3.8, 4) is 5.75 Å². The van der Waals surface area contributed by atoms with Gasteiger partial charge < -0.3 is 10.4 Å². The molecule has 1 aromatic carbocycles. The van der Waals surface area contributed by atoms with E-state index >= 15 is 0 Å². The Kier molecular flexibility index (Phi) is 2.80. The van der Waals surface area contributed by atoms with Crippen molar-refractivity contribution in [3.63, 3.8) is 0 Å². The number of nitrogens with one attached hydrogen (secondary N) is 1. The Balaban J connectivity index is 2.11. The normalized spacial score (nSPS) is 23.2. The van der Waals surface area contributed by atoms with Gasteiger partial charge >= 0.3 is 0 Å². The lowest BCUT2D eigenvalue weighted by atomic mass is 10.1. The zero-order valence-corrected chi connectivity index (χ0v) is 9.92. The van der Waals surface area contributed by atoms with Crippen LogP contribution in [0.15, 0.2) is 18.2 Å². The third-order valence-corrected chi connectivity index (χ3v) is 4.57. The molecule has 1 aliphatic heterocycles. The largest absolute Gasteiger partial charge is 0.508 e. The van der Waals surface area contributed by atoms with Gasteiger partial charge in [0.2, 0.25) is 0 Å². The number of phenols is 1. The smallest absolute Gasteiger partial charge is 0.152 e. The molecule has 88 valence electrons. The second kappa shape index (κ2) is 3.97. The summed E-state index contributed by atoms with van der Waals surface area (Å²) in [7, 11) is -2.85. The van der Waals surface area contributed by atoms with Crippen molar-refractivity contribution < 1.29 is 13.5 Å². The first-order valence-corrected chi connectivity index (χ1v) is 7.05. The highest BCUT2D eigenvalue weighted by Gasteiger charge is 2.27. The van der Waals surface area contributed by atoms with E-state index in [0.717, 1.165) is 11.3 Å². The summed E-state index contributed by atoms with van der Waals surface area (Å²) >= 11 is 0. The lowest BCUT2D eigenvalue weighted by molar-refractivity contribution is 0.475. The molecule has 2 rings (SSSR count). The molecule has 1 heterocycles. The molecular formula is C11H15NO3S. The molecule has 0 aliphatic carbocycles. The molecule has 1 atom stereocenters. The van der Waals surface area contributed by atoms with Crippen LogP contribution < -0.4 is 5.32 Å². The number of anilines is 1. The Labute approximate surface area is 95.2 Å². The average Bonchev–Trinajstić information content (AvgIpc) is 2.51. The molecule has 1 saturated heterocycles. The van der Waals surface area contributed by atoms with Gasteiger partial charge in [-0.2, -0.15) is 0 Å². The van der Waals surface area contributed by atoms with Gasteiger partial charge in [-0.15, -0.1) is 0 Å². The highest BCUT2D eigenvalue weighted by Crippen LogP contribution is 2.23. The quantitative estimate of drug-likeness (QED) is 0.766. The summed E-state index contributed by atoms with van der Waals surface area (Å²) in [4.78, 5) is 0. The summed E-state index contributed by atoms with van der Waals surface area (Å²) in [5.41, 5.74) is 1.81. The van der Waals surface area contributed by atoms with Gasteiger partial charge in [0.25, 0.3) is 0 Å². The second-order valence-electron chi connectivity index (χ2n) is 4.24. The number of phenolic OH excluding ortho intramolecular Hbond substituents is 1. The minimum atomic E-state index is -2.85. The van der Waals surface area contributed by atoms with E-state index < -0.39 is 9.84 Å². The summed E-state index contributed by atoms with van der Waals surface area (Å²) < 4.78 is 22.6. The zero-order chi connectivity index (χ0) is 11.8. The molecule has 1 aromatic rings. The summed E-state index contributed by atoms with van der Waals surface area (Å²) in [5, 5.41) is 12.5. The van der Waals surface area contributed by atoms with Crippen molar-refractivity contribution >= 4 is 15.5 Å². The molecular weight excluding hydrogens is 226 g/mol. The van der Waals surface area contributed by atoms with Crippen LogP contribution in [-0.2, 0) is 9.84 Å². The van der Waals surface area contributed by atoms with Crippen molar-refractivity contribution in [3.05, 3.63) is 23.8 Å². The Bertz CT molecular complexity index is 496. The maximum Gasteiger partial charge on any atom is 0.152 e. The molecule has 0 saturated carbocycles. The number of aromatic hydroxyl groups is 1. The molecule has 0 aromatic heterocycles. The van der Waals surface area contributed by atoms with Gasteiger partial charge in [-0.05, 0) is 37.1 Å². The summed E-state index contributed by atoms with van der Waals surface area (Å²) in [6.07, 6.45) is 0.655. The van der Waals surface area contributed by atoms with E-state index in [0.29, 0.717) is 6.42 Å². The molecule has 0 radical (unpaired) electrons. The molecule has 2 N–H and O–H groups in total. The predicted octanol–water partition coefficient (Wildman–Crippen LogP) is 1.30. The SMILES string of the molecule is Cc1cc(O)ccc1NC1CCS(=O)(=O)C1. The zero-order valence-electron chi connectivity index (χ0n) is 9.10. The van der Waals surface area contributed by atoms with E-state index in [2.05, 4.69) is 5.32 Å². The van der Waals surface area contributed by atoms with Gasteiger partial charge in [-0.3, -0.25) is 0 Å². The Morgan fingerprint density at radius 1 is 1.44 bits per heavy atom. The molecule has 1 fully saturated rings. The highest BCUT2D eigenvalue weighted by molar-refractivity contribution is 7.91. The van der Waals surface area contributed by atoms with Gasteiger partial charge in [0.05, 0.1) is 11.5 Å². The van der Waals surface area contributed by atoms with Gasteiger partial charge in [0.15, 0.2) is 9.84 Å². The molecule has 4 nitrogen and oxygen atoms in total. The van der Waals surface area contributed by atoms with Crippen LogP contribution in [0.5, 0.6) is 5.75 Å². The van der Waals surface area contributed by atoms with Crippen LogP contribution in [0.2, 0.25) is 0 Å². The summed E-state index contributed by atoms with van der Waals surface area (Å²) in [5.74, 6) is 0.692. The van der Waals surface area contributed by atoms with E-state index in [1.54, 1.807) is 18.2 Å². The first kappa shape index (κ1) is 11.3. The van der Waals surface area contributed by atoms with E-state index in [9.17, 15) is 13.5 Å². The van der Waals surface area contributed by atoms with Crippen LogP contribution in [0.1, 0.15) is 12.0 Å². The third-order valence-electron chi connectivity index (χ3n) is 2.80. The summed E-state index contributed by atoms with van der Waals surface area (Å²) in [6.45, 7) is 1.88. The number of hydrogen-bond donors (Lipinski definition) is 2. The van der Waals surface area contributed by atoms with Crippen LogP contribution in [0.4, 0.5) is 5.69 Å². The summed E-state index contributed by atoms with van der Waals surface area (Å²) in [6, 6.07) is 5.02. The van der Waals surface area contributed by atoms with Gasteiger partial charge in [-0.25, -0.2) is 8.42 Å². The molecule has 16 heavy (non-hydrogen) atoms. The highest BCUT2D eigenvalue weighted by atomic mass is 32.2. The maximum atomic E-state index is 11.3. The van der Waals surface area contributed by atoms with Crippen LogP contribution in [0, 0.1) is 6.92 Å². The van der Waals surface area contributed by atoms with Crippen molar-refractivity contribution in [2.24, 2.45) is 0 Å². The molecule has 5 heteroatoms. The van der Waals surface area contributed by atoms with E-state index in [-0.39, 0.29) is 23.3 Å². The van der Waals surface area contributed by atoms with Gasteiger partial charge in [0, 0.05) is 11.7 Å².